The van der Waals surface area contributed by atoms with Gasteiger partial charge in [0.25, 0.3) is 11.8 Å². The summed E-state index contributed by atoms with van der Waals surface area (Å²) in [6, 6.07) is 2.57. The number of esters is 1. The summed E-state index contributed by atoms with van der Waals surface area (Å²) >= 11 is 0. The summed E-state index contributed by atoms with van der Waals surface area (Å²) in [7, 11) is 0. The zero-order valence-electron chi connectivity index (χ0n) is 8.99. The molecule has 92 valence electrons. The van der Waals surface area contributed by atoms with Gasteiger partial charge in [0.15, 0.2) is 18.1 Å². The lowest BCUT2D eigenvalue weighted by Crippen LogP contribution is -2.25. The predicted molar refractivity (Wildman–Crippen MR) is 57.5 cm³/mol. The van der Waals surface area contributed by atoms with Crippen LogP contribution in [-0.2, 0) is 0 Å². The van der Waals surface area contributed by atoms with Gasteiger partial charge in [-0.1, -0.05) is 0 Å². The SMILES string of the molecule is NC(=O)c1[nH]cnc1OC(=O)c1cc[n+]([O-])cc1. The fourth-order valence-corrected chi connectivity index (χ4v) is 1.23. The van der Waals surface area contributed by atoms with Crippen LogP contribution in [0.15, 0.2) is 30.9 Å². The normalized spacial score (nSPS) is 10.0. The summed E-state index contributed by atoms with van der Waals surface area (Å²) in [5, 5.41) is 10.8. The van der Waals surface area contributed by atoms with Crippen molar-refractivity contribution in [2.45, 2.75) is 0 Å². The van der Waals surface area contributed by atoms with E-state index in [0.29, 0.717) is 4.73 Å². The molecule has 2 aromatic rings. The number of primary amides is 1. The molecule has 0 fully saturated rings. The second-order valence-corrected chi connectivity index (χ2v) is 3.28. The third-order valence-electron chi connectivity index (χ3n) is 2.08. The van der Waals surface area contributed by atoms with Crippen LogP contribution in [0.1, 0.15) is 20.8 Å². The Morgan fingerprint density at radius 1 is 1.39 bits per heavy atom. The molecule has 1 amide bonds. The van der Waals surface area contributed by atoms with Gasteiger partial charge in [-0.3, -0.25) is 4.79 Å². The van der Waals surface area contributed by atoms with E-state index in [4.69, 9.17) is 10.5 Å². The number of nitrogens with one attached hydrogen (secondary N) is 1. The summed E-state index contributed by atoms with van der Waals surface area (Å²) < 4.78 is 5.41. The Kier molecular flexibility index (Phi) is 2.92. The molecule has 0 saturated heterocycles. The predicted octanol–water partition coefficient (Wildman–Crippen LogP) is -0.639. The number of hydrogen-bond donors (Lipinski definition) is 2. The molecule has 0 aliphatic heterocycles. The van der Waals surface area contributed by atoms with Crippen LogP contribution in [-0.4, -0.2) is 21.8 Å². The van der Waals surface area contributed by atoms with Gasteiger partial charge in [-0.15, -0.1) is 0 Å². The highest BCUT2D eigenvalue weighted by molar-refractivity contribution is 5.95. The Morgan fingerprint density at radius 2 is 2.06 bits per heavy atom. The van der Waals surface area contributed by atoms with Gasteiger partial charge in [0, 0.05) is 12.1 Å². The van der Waals surface area contributed by atoms with E-state index in [1.54, 1.807) is 0 Å². The van der Waals surface area contributed by atoms with Crippen LogP contribution in [0, 0.1) is 5.21 Å². The fourth-order valence-electron chi connectivity index (χ4n) is 1.23. The molecule has 0 bridgehead atoms. The lowest BCUT2D eigenvalue weighted by atomic mass is 10.3. The molecular formula is C10H8N4O4. The van der Waals surface area contributed by atoms with Crippen molar-refractivity contribution in [3.8, 4) is 5.88 Å². The molecule has 8 heteroatoms. The third kappa shape index (κ3) is 2.26. The lowest BCUT2D eigenvalue weighted by molar-refractivity contribution is -0.605. The summed E-state index contributed by atoms with van der Waals surface area (Å²) in [5.74, 6) is -1.74. The third-order valence-corrected chi connectivity index (χ3v) is 2.08. The number of hydrogen-bond acceptors (Lipinski definition) is 5. The maximum Gasteiger partial charge on any atom is 0.345 e. The van der Waals surface area contributed by atoms with E-state index in [0.717, 1.165) is 12.4 Å². The van der Waals surface area contributed by atoms with Gasteiger partial charge in [0.05, 0.1) is 11.9 Å². The van der Waals surface area contributed by atoms with Crippen molar-refractivity contribution in [1.82, 2.24) is 9.97 Å². The van der Waals surface area contributed by atoms with E-state index >= 15 is 0 Å². The standard InChI is InChI=1S/C10H8N4O4/c11-8(15)7-9(13-5-12-7)18-10(16)6-1-3-14(17)4-2-6/h1-5H,(H2,11,15)(H,12,13). The molecule has 2 rings (SSSR count). The lowest BCUT2D eigenvalue weighted by Gasteiger charge is -2.02. The first-order valence-electron chi connectivity index (χ1n) is 4.82. The van der Waals surface area contributed by atoms with E-state index in [1.807, 2.05) is 0 Å². The summed E-state index contributed by atoms with van der Waals surface area (Å²) in [6.07, 6.45) is 3.48. The van der Waals surface area contributed by atoms with Crippen LogP contribution in [0.3, 0.4) is 0 Å². The highest BCUT2D eigenvalue weighted by Gasteiger charge is 2.17. The molecule has 2 aromatic heterocycles. The summed E-state index contributed by atoms with van der Waals surface area (Å²) in [4.78, 5) is 28.7. The van der Waals surface area contributed by atoms with E-state index in [-0.39, 0.29) is 17.1 Å². The zero-order valence-corrected chi connectivity index (χ0v) is 8.99. The number of pyridine rings is 1. The van der Waals surface area contributed by atoms with E-state index in [2.05, 4.69) is 9.97 Å². The second-order valence-electron chi connectivity index (χ2n) is 3.28. The Balaban J connectivity index is 2.19. The van der Waals surface area contributed by atoms with Crippen LogP contribution in [0.2, 0.25) is 0 Å². The Hall–Kier alpha value is -2.90. The molecule has 0 aliphatic rings. The number of carbonyl (C=O) groups is 2. The molecular weight excluding hydrogens is 240 g/mol. The van der Waals surface area contributed by atoms with E-state index in [9.17, 15) is 14.8 Å². The average Bonchev–Trinajstić information content (AvgIpc) is 2.78. The van der Waals surface area contributed by atoms with Crippen molar-refractivity contribution in [2.75, 3.05) is 0 Å². The molecule has 0 atom stereocenters. The van der Waals surface area contributed by atoms with Gasteiger partial charge in [-0.25, -0.2) is 9.78 Å². The quantitative estimate of drug-likeness (QED) is 0.424. The van der Waals surface area contributed by atoms with E-state index in [1.165, 1.54) is 18.5 Å². The van der Waals surface area contributed by atoms with Gasteiger partial charge in [-0.05, 0) is 0 Å². The van der Waals surface area contributed by atoms with Crippen LogP contribution in [0.4, 0.5) is 0 Å². The number of imidazole rings is 1. The summed E-state index contributed by atoms with van der Waals surface area (Å²) in [6.45, 7) is 0. The minimum atomic E-state index is -0.791. The average molecular weight is 248 g/mol. The molecule has 0 radical (unpaired) electrons. The number of amides is 1. The maximum absolute atomic E-state index is 11.7. The number of rotatable bonds is 3. The first kappa shape index (κ1) is 11.6. The van der Waals surface area contributed by atoms with Crippen molar-refractivity contribution in [1.29, 1.82) is 0 Å². The van der Waals surface area contributed by atoms with Gasteiger partial charge < -0.3 is 20.7 Å². The molecule has 0 saturated carbocycles. The molecule has 0 aromatic carbocycles. The molecule has 0 spiro atoms. The number of carbonyl (C=O) groups excluding carboxylic acids is 2. The van der Waals surface area contributed by atoms with Crippen LogP contribution < -0.4 is 15.2 Å². The monoisotopic (exact) mass is 248 g/mol. The number of ether oxygens (including phenoxy) is 1. The van der Waals surface area contributed by atoms with Gasteiger partial charge in [-0.2, -0.15) is 4.73 Å². The Bertz CT molecular complexity index is 590. The minimum absolute atomic E-state index is 0.0989. The van der Waals surface area contributed by atoms with Gasteiger partial charge in [0.1, 0.15) is 0 Å². The van der Waals surface area contributed by atoms with Crippen molar-refractivity contribution >= 4 is 11.9 Å². The highest BCUT2D eigenvalue weighted by Crippen LogP contribution is 2.13. The van der Waals surface area contributed by atoms with Crippen LogP contribution in [0.5, 0.6) is 5.88 Å². The zero-order chi connectivity index (χ0) is 13.1. The van der Waals surface area contributed by atoms with Gasteiger partial charge in [0.2, 0.25) is 0 Å². The van der Waals surface area contributed by atoms with Crippen molar-refractivity contribution in [3.63, 3.8) is 0 Å². The fraction of sp³-hybridized carbons (Fsp3) is 0. The first-order chi connectivity index (χ1) is 8.58. The number of nitrogens with zero attached hydrogens (tertiary/aromatic N) is 2. The molecule has 2 heterocycles. The molecule has 0 aliphatic carbocycles. The Morgan fingerprint density at radius 3 is 2.67 bits per heavy atom. The number of nitrogens with two attached hydrogens (primary N) is 1. The van der Waals surface area contributed by atoms with E-state index < -0.39 is 11.9 Å². The molecule has 8 nitrogen and oxygen atoms in total. The van der Waals surface area contributed by atoms with Crippen molar-refractivity contribution in [2.24, 2.45) is 5.73 Å². The smallest absolute Gasteiger partial charge is 0.345 e. The highest BCUT2D eigenvalue weighted by atomic mass is 16.5. The van der Waals surface area contributed by atoms with Crippen molar-refractivity contribution in [3.05, 3.63) is 47.3 Å². The molecule has 0 unspecified atom stereocenters. The topological polar surface area (TPSA) is 125 Å². The van der Waals surface area contributed by atoms with Crippen molar-refractivity contribution < 1.29 is 19.1 Å². The first-order valence-corrected chi connectivity index (χ1v) is 4.82. The number of H-pyrrole nitrogens is 1. The molecule has 3 N–H and O–H groups in total. The van der Waals surface area contributed by atoms with Crippen LogP contribution in [0.25, 0.3) is 0 Å². The Labute approximate surface area is 101 Å². The maximum atomic E-state index is 11.7. The number of aromatic amines is 1. The van der Waals surface area contributed by atoms with Gasteiger partial charge >= 0.3 is 5.97 Å². The number of aromatic nitrogens is 3. The summed E-state index contributed by atoms with van der Waals surface area (Å²) in [5.41, 5.74) is 5.10. The van der Waals surface area contributed by atoms with Crippen LogP contribution >= 0.6 is 0 Å². The second kappa shape index (κ2) is 4.53. The molecule has 18 heavy (non-hydrogen) atoms. The minimum Gasteiger partial charge on any atom is -0.619 e. The largest absolute Gasteiger partial charge is 0.619 e.